The molecule has 0 bridgehead atoms. The predicted octanol–water partition coefficient (Wildman–Crippen LogP) is 3.16. The molecular weight excluding hydrogens is 378 g/mol. The molecule has 0 aliphatic carbocycles. The number of amides is 1. The maximum Gasteiger partial charge on any atom is 0.407 e. The minimum atomic E-state index is -0.553. The van der Waals surface area contributed by atoms with E-state index in [9.17, 15) is 14.7 Å². The highest BCUT2D eigenvalue weighted by atomic mass is 16.6. The molecule has 2 N–H and O–H groups in total. The third-order valence-corrected chi connectivity index (χ3v) is 3.24. The Balaban J connectivity index is 2.32. The van der Waals surface area contributed by atoms with Gasteiger partial charge in [0.05, 0.1) is 6.42 Å². The summed E-state index contributed by atoms with van der Waals surface area (Å²) in [4.78, 5) is 22.8. The first kappa shape index (κ1) is 23.8. The lowest BCUT2D eigenvalue weighted by Crippen LogP contribution is -2.33. The molecule has 0 fully saturated rings. The molecule has 0 aliphatic heterocycles. The third kappa shape index (κ3) is 11.2. The van der Waals surface area contributed by atoms with Crippen LogP contribution in [0, 0.1) is 12.3 Å². The van der Waals surface area contributed by atoms with Gasteiger partial charge in [0, 0.05) is 13.0 Å². The Bertz CT molecular complexity index is 750. The normalized spacial score (nSPS) is 11.0. The second kappa shape index (κ2) is 12.2. The summed E-state index contributed by atoms with van der Waals surface area (Å²) < 4.78 is 15.2. The summed E-state index contributed by atoms with van der Waals surface area (Å²) >= 11 is 0. The van der Waals surface area contributed by atoms with Gasteiger partial charge in [-0.05, 0) is 44.9 Å². The van der Waals surface area contributed by atoms with Gasteiger partial charge in [0.25, 0.3) is 0 Å². The van der Waals surface area contributed by atoms with Crippen molar-refractivity contribution in [1.82, 2.24) is 5.32 Å². The minimum Gasteiger partial charge on any atom is -0.504 e. The number of azo groups is 1. The van der Waals surface area contributed by atoms with E-state index in [0.717, 1.165) is 5.56 Å². The van der Waals surface area contributed by atoms with Crippen LogP contribution in [-0.4, -0.2) is 42.8 Å². The maximum atomic E-state index is 11.6. The highest BCUT2D eigenvalue weighted by Crippen LogP contribution is 2.26. The quantitative estimate of drug-likeness (QED) is 0.351. The van der Waals surface area contributed by atoms with E-state index in [0.29, 0.717) is 19.4 Å². The molecule has 29 heavy (non-hydrogen) atoms. The number of benzene rings is 1. The third-order valence-electron chi connectivity index (χ3n) is 3.24. The zero-order valence-electron chi connectivity index (χ0n) is 16.9. The minimum absolute atomic E-state index is 0.0596. The molecule has 1 amide bonds. The van der Waals surface area contributed by atoms with Crippen LogP contribution in [0.5, 0.6) is 11.5 Å². The molecule has 0 saturated carbocycles. The molecule has 0 atom stereocenters. The van der Waals surface area contributed by atoms with E-state index >= 15 is 0 Å². The first-order chi connectivity index (χ1) is 13.7. The number of rotatable bonds is 10. The molecule has 0 saturated heterocycles. The molecule has 9 heteroatoms. The molecule has 1 aromatic rings. The fourth-order valence-corrected chi connectivity index (χ4v) is 1.99. The van der Waals surface area contributed by atoms with E-state index in [-0.39, 0.29) is 31.4 Å². The van der Waals surface area contributed by atoms with Crippen molar-refractivity contribution in [2.75, 3.05) is 20.0 Å². The van der Waals surface area contributed by atoms with Crippen molar-refractivity contribution in [3.63, 3.8) is 0 Å². The molecule has 0 aliphatic rings. The summed E-state index contributed by atoms with van der Waals surface area (Å²) in [6, 6.07) is 4.89. The number of nitrogens with one attached hydrogen (secondary N) is 1. The van der Waals surface area contributed by atoms with Crippen molar-refractivity contribution in [1.29, 1.82) is 0 Å². The van der Waals surface area contributed by atoms with Gasteiger partial charge in [0.1, 0.15) is 5.60 Å². The SMILES string of the molecule is C#CCCC(=O)OC/N=N\COc1ccc(CCNC(=O)OC(C)(C)C)cc1O. The summed E-state index contributed by atoms with van der Waals surface area (Å²) in [6.07, 6.45) is 5.51. The lowest BCUT2D eigenvalue weighted by atomic mass is 10.1. The second-order valence-electron chi connectivity index (χ2n) is 6.89. The van der Waals surface area contributed by atoms with Crippen LogP contribution in [0.15, 0.2) is 28.4 Å². The van der Waals surface area contributed by atoms with E-state index in [1.807, 2.05) is 0 Å². The van der Waals surface area contributed by atoms with Gasteiger partial charge in [-0.2, -0.15) is 0 Å². The zero-order chi connectivity index (χ0) is 21.7. The van der Waals surface area contributed by atoms with Crippen LogP contribution < -0.4 is 10.1 Å². The number of nitrogens with zero attached hydrogens (tertiary/aromatic N) is 2. The molecule has 1 rings (SSSR count). The van der Waals surface area contributed by atoms with Crippen LogP contribution in [-0.2, 0) is 20.7 Å². The number of carbonyl (C=O) groups excluding carboxylic acids is 2. The molecule has 1 aromatic carbocycles. The first-order valence-corrected chi connectivity index (χ1v) is 9.05. The summed E-state index contributed by atoms with van der Waals surface area (Å²) in [5, 5.41) is 20.0. The van der Waals surface area contributed by atoms with Crippen molar-refractivity contribution in [2.24, 2.45) is 10.2 Å². The van der Waals surface area contributed by atoms with E-state index in [1.165, 1.54) is 6.07 Å². The van der Waals surface area contributed by atoms with E-state index in [1.54, 1.807) is 32.9 Å². The van der Waals surface area contributed by atoms with Crippen LogP contribution in [0.1, 0.15) is 39.2 Å². The largest absolute Gasteiger partial charge is 0.504 e. The van der Waals surface area contributed by atoms with Gasteiger partial charge in [-0.1, -0.05) is 6.07 Å². The van der Waals surface area contributed by atoms with Gasteiger partial charge in [-0.25, -0.2) is 4.79 Å². The first-order valence-electron chi connectivity index (χ1n) is 9.05. The van der Waals surface area contributed by atoms with Crippen molar-refractivity contribution < 1.29 is 28.9 Å². The number of alkyl carbamates (subject to hydrolysis) is 1. The van der Waals surface area contributed by atoms with Gasteiger partial charge in [-0.15, -0.1) is 22.6 Å². The van der Waals surface area contributed by atoms with Gasteiger partial charge < -0.3 is 24.6 Å². The number of hydrogen-bond acceptors (Lipinski definition) is 8. The van der Waals surface area contributed by atoms with Crippen LogP contribution in [0.3, 0.4) is 0 Å². The number of terminal acetylenes is 1. The Labute approximate surface area is 170 Å². The zero-order valence-corrected chi connectivity index (χ0v) is 16.9. The molecule has 0 aromatic heterocycles. The Morgan fingerprint density at radius 2 is 1.97 bits per heavy atom. The topological polar surface area (TPSA) is 119 Å². The molecule has 158 valence electrons. The Hall–Kier alpha value is -3.28. The predicted molar refractivity (Wildman–Crippen MR) is 105 cm³/mol. The Morgan fingerprint density at radius 3 is 2.62 bits per heavy atom. The van der Waals surface area contributed by atoms with E-state index in [4.69, 9.17) is 20.6 Å². The lowest BCUT2D eigenvalue weighted by Gasteiger charge is -2.19. The molecule has 0 unspecified atom stereocenters. The van der Waals surface area contributed by atoms with E-state index in [2.05, 4.69) is 21.5 Å². The molecule has 0 heterocycles. The summed E-state index contributed by atoms with van der Waals surface area (Å²) in [7, 11) is 0. The highest BCUT2D eigenvalue weighted by Gasteiger charge is 2.15. The Kier molecular flexibility index (Phi) is 10.0. The fourth-order valence-electron chi connectivity index (χ4n) is 1.99. The van der Waals surface area contributed by atoms with Gasteiger partial charge in [0.15, 0.2) is 18.2 Å². The molecule has 9 nitrogen and oxygen atoms in total. The lowest BCUT2D eigenvalue weighted by molar-refractivity contribution is -0.143. The number of aromatic hydroxyl groups is 1. The average molecular weight is 405 g/mol. The van der Waals surface area contributed by atoms with Gasteiger partial charge >= 0.3 is 12.1 Å². The summed E-state index contributed by atoms with van der Waals surface area (Å²) in [5.41, 5.74) is 0.258. The van der Waals surface area contributed by atoms with Gasteiger partial charge in [-0.3, -0.25) is 4.79 Å². The highest BCUT2D eigenvalue weighted by molar-refractivity contribution is 5.69. The number of phenols is 1. The summed E-state index contributed by atoms with van der Waals surface area (Å²) in [5.74, 6) is 2.07. The molecular formula is C20H27N3O6. The second-order valence-corrected chi connectivity index (χ2v) is 6.89. The number of ether oxygens (including phenoxy) is 3. The van der Waals surface area contributed by atoms with Crippen LogP contribution >= 0.6 is 0 Å². The number of phenolic OH excluding ortho intramolecular Hbond substituents is 1. The van der Waals surface area contributed by atoms with Crippen molar-refractivity contribution in [2.45, 2.75) is 45.6 Å². The monoisotopic (exact) mass is 405 g/mol. The van der Waals surface area contributed by atoms with Crippen molar-refractivity contribution >= 4 is 12.1 Å². The Morgan fingerprint density at radius 1 is 1.24 bits per heavy atom. The molecule has 0 spiro atoms. The number of hydrogen-bond donors (Lipinski definition) is 2. The summed E-state index contributed by atoms with van der Waals surface area (Å²) in [6.45, 7) is 5.37. The molecule has 0 radical (unpaired) electrons. The van der Waals surface area contributed by atoms with Crippen LogP contribution in [0.25, 0.3) is 0 Å². The average Bonchev–Trinajstić information content (AvgIpc) is 2.62. The smallest absolute Gasteiger partial charge is 0.407 e. The number of esters is 1. The van der Waals surface area contributed by atoms with E-state index < -0.39 is 17.7 Å². The van der Waals surface area contributed by atoms with Crippen molar-refractivity contribution in [3.8, 4) is 23.8 Å². The van der Waals surface area contributed by atoms with Crippen LogP contribution in [0.2, 0.25) is 0 Å². The number of carbonyl (C=O) groups is 2. The fraction of sp³-hybridized carbons (Fsp3) is 0.500. The standard InChI is InChI=1S/C20H27N3O6/c1-5-6-7-18(25)28-14-23-22-13-27-17-9-8-15(12-16(17)24)10-11-21-19(26)29-20(2,3)4/h1,8-9,12,24H,6-7,10-11,13-14H2,2-4H3,(H,21,26)/b23-22-. The van der Waals surface area contributed by atoms with Crippen molar-refractivity contribution in [3.05, 3.63) is 23.8 Å². The van der Waals surface area contributed by atoms with Gasteiger partial charge in [0.2, 0.25) is 6.73 Å². The van der Waals surface area contributed by atoms with Crippen LogP contribution in [0.4, 0.5) is 4.79 Å². The maximum absolute atomic E-state index is 11.6.